The van der Waals surface area contributed by atoms with E-state index in [2.05, 4.69) is 0 Å². The van der Waals surface area contributed by atoms with Gasteiger partial charge in [0.15, 0.2) is 0 Å². The van der Waals surface area contributed by atoms with Gasteiger partial charge < -0.3 is 18.9 Å². The van der Waals surface area contributed by atoms with Crippen LogP contribution >= 0.6 is 14.7 Å². The molecule has 0 spiro atoms. The van der Waals surface area contributed by atoms with Gasteiger partial charge in [-0.05, 0) is 6.07 Å². The summed E-state index contributed by atoms with van der Waals surface area (Å²) in [5, 5.41) is -0.314. The van der Waals surface area contributed by atoms with Gasteiger partial charge >= 0.3 is 23.1 Å². The van der Waals surface area contributed by atoms with E-state index in [9.17, 15) is 28.5 Å². The summed E-state index contributed by atoms with van der Waals surface area (Å²) < 4.78 is 25.0. The summed E-state index contributed by atoms with van der Waals surface area (Å²) in [5.41, 5.74) is -2.93. The quantitative estimate of drug-likeness (QED) is 0.427. The Morgan fingerprint density at radius 1 is 0.586 bits per heavy atom. The molecule has 0 amide bonds. The fraction of sp³-hybridized carbons (Fsp3) is 0. The van der Waals surface area contributed by atoms with Crippen LogP contribution in [-0.2, 0) is 9.13 Å². The Labute approximate surface area is 183 Å². The molecule has 0 heterocycles. The Bertz CT molecular complexity index is 1050. The largest absolute Gasteiger partial charge is 2.00 e. The minimum atomic E-state index is -4.65. The summed E-state index contributed by atoms with van der Waals surface area (Å²) in [4.78, 5) is 50.1. The molecule has 29 heavy (non-hydrogen) atoms. The van der Waals surface area contributed by atoms with Crippen molar-refractivity contribution >= 4 is 59.4 Å². The van der Waals surface area contributed by atoms with Crippen LogP contribution in [-0.4, -0.2) is 34.1 Å². The van der Waals surface area contributed by atoms with Crippen molar-refractivity contribution in [2.24, 2.45) is 0 Å². The average molecular weight is 437 g/mol. The first kappa shape index (κ1) is 23.4. The van der Waals surface area contributed by atoms with Gasteiger partial charge in [-0.25, -0.2) is 0 Å². The summed E-state index contributed by atoms with van der Waals surface area (Å²) >= 11 is 0. The zero-order valence-corrected chi connectivity index (χ0v) is 18.3. The smallest absolute Gasteiger partial charge is 0.790 e. The standard InChI is InChI=1S/C20H16O6P2.Mg/c21-19(27(23,24)17-10-3-1-4-11-17)15-8-7-9-16(14-15)20(22)28(25,26)18-12-5-2-6-13-18;/h1-14H,(H,23,24)(H,25,26);/q;+2/p-2. The second kappa shape index (κ2) is 9.31. The fourth-order valence-electron chi connectivity index (χ4n) is 2.61. The second-order valence-electron chi connectivity index (χ2n) is 5.97. The molecule has 3 rings (SSSR count). The van der Waals surface area contributed by atoms with Crippen LogP contribution in [0.1, 0.15) is 20.7 Å². The average Bonchev–Trinajstić information content (AvgIpc) is 2.74. The van der Waals surface area contributed by atoms with Crippen LogP contribution in [0.3, 0.4) is 0 Å². The van der Waals surface area contributed by atoms with Gasteiger partial charge in [0.2, 0.25) is 11.0 Å². The number of carbonyl (C=O) groups excluding carboxylic acids is 2. The summed E-state index contributed by atoms with van der Waals surface area (Å²) in [7, 11) is -9.31. The third kappa shape index (κ3) is 4.84. The van der Waals surface area contributed by atoms with Crippen LogP contribution < -0.4 is 20.4 Å². The zero-order chi connectivity index (χ0) is 20.4. The van der Waals surface area contributed by atoms with Gasteiger partial charge in [0.1, 0.15) is 14.7 Å². The minimum Gasteiger partial charge on any atom is -0.790 e. The molecule has 3 aromatic carbocycles. The fourth-order valence-corrected chi connectivity index (χ4v) is 5.16. The summed E-state index contributed by atoms with van der Waals surface area (Å²) in [6.07, 6.45) is 0. The maximum absolute atomic E-state index is 12.5. The van der Waals surface area contributed by atoms with Crippen LogP contribution in [0.25, 0.3) is 0 Å². The van der Waals surface area contributed by atoms with Crippen molar-refractivity contribution in [1.29, 1.82) is 0 Å². The van der Waals surface area contributed by atoms with Crippen LogP contribution in [0.2, 0.25) is 0 Å². The molecular weight excluding hydrogens is 422 g/mol. The van der Waals surface area contributed by atoms with Crippen molar-refractivity contribution in [3.8, 4) is 0 Å². The van der Waals surface area contributed by atoms with Crippen molar-refractivity contribution < 1.29 is 28.5 Å². The molecule has 2 unspecified atom stereocenters. The first-order valence-electron chi connectivity index (χ1n) is 8.18. The number of rotatable bonds is 6. The SMILES string of the molecule is O=C(c1cccc(C(=O)P(=O)([O-])c2ccccc2)c1)P(=O)([O-])c1ccccc1.[Mg+2]. The molecule has 6 nitrogen and oxygen atoms in total. The third-order valence-corrected chi connectivity index (χ3v) is 7.63. The van der Waals surface area contributed by atoms with E-state index < -0.39 is 25.8 Å². The molecule has 0 aliphatic rings. The van der Waals surface area contributed by atoms with Gasteiger partial charge in [-0.3, -0.25) is 9.59 Å². The van der Waals surface area contributed by atoms with Crippen molar-refractivity contribution in [2.45, 2.75) is 0 Å². The molecule has 0 saturated heterocycles. The van der Waals surface area contributed by atoms with Crippen LogP contribution in [0.15, 0.2) is 84.9 Å². The van der Waals surface area contributed by atoms with Gasteiger partial charge in [-0.15, -0.1) is 0 Å². The van der Waals surface area contributed by atoms with E-state index in [1.54, 1.807) is 12.1 Å². The minimum absolute atomic E-state index is 0. The molecule has 142 valence electrons. The predicted octanol–water partition coefficient (Wildman–Crippen LogP) is 1.51. The van der Waals surface area contributed by atoms with Gasteiger partial charge in [-0.2, -0.15) is 0 Å². The van der Waals surface area contributed by atoms with Gasteiger partial charge in [0.05, 0.1) is 0 Å². The molecule has 0 N–H and O–H groups in total. The van der Waals surface area contributed by atoms with Crippen molar-refractivity contribution in [3.63, 3.8) is 0 Å². The van der Waals surface area contributed by atoms with Crippen LogP contribution in [0.5, 0.6) is 0 Å². The summed E-state index contributed by atoms with van der Waals surface area (Å²) in [6, 6.07) is 19.1. The van der Waals surface area contributed by atoms with Crippen molar-refractivity contribution in [3.05, 3.63) is 96.1 Å². The third-order valence-electron chi connectivity index (χ3n) is 4.08. The maximum Gasteiger partial charge on any atom is 2.00 e. The molecule has 0 bridgehead atoms. The number of hydrogen-bond donors (Lipinski definition) is 0. The molecule has 3 aromatic rings. The molecule has 0 aliphatic heterocycles. The molecule has 0 radical (unpaired) electrons. The van der Waals surface area contributed by atoms with E-state index in [1.807, 2.05) is 0 Å². The predicted molar refractivity (Wildman–Crippen MR) is 108 cm³/mol. The van der Waals surface area contributed by atoms with E-state index >= 15 is 0 Å². The zero-order valence-electron chi connectivity index (χ0n) is 15.1. The van der Waals surface area contributed by atoms with Gasteiger partial charge in [0, 0.05) is 21.7 Å². The van der Waals surface area contributed by atoms with Crippen molar-refractivity contribution in [1.82, 2.24) is 0 Å². The van der Waals surface area contributed by atoms with Crippen LogP contribution in [0.4, 0.5) is 0 Å². The molecule has 0 saturated carbocycles. The molecule has 0 aromatic heterocycles. The molecule has 2 atom stereocenters. The maximum atomic E-state index is 12.5. The number of benzene rings is 3. The van der Waals surface area contributed by atoms with Gasteiger partial charge in [0.25, 0.3) is 0 Å². The Balaban J connectivity index is 0.00000300. The van der Waals surface area contributed by atoms with Gasteiger partial charge in [-0.1, -0.05) is 78.9 Å². The van der Waals surface area contributed by atoms with Crippen LogP contribution in [0, 0.1) is 0 Å². The molecule has 0 aliphatic carbocycles. The Morgan fingerprint density at radius 2 is 0.931 bits per heavy atom. The molecular formula is C20H14MgO6P2. The second-order valence-corrected chi connectivity index (χ2v) is 10.0. The normalized spacial score (nSPS) is 14.7. The number of hydrogen-bond acceptors (Lipinski definition) is 6. The summed E-state index contributed by atoms with van der Waals surface area (Å²) in [6.45, 7) is 0. The van der Waals surface area contributed by atoms with E-state index in [4.69, 9.17) is 0 Å². The monoisotopic (exact) mass is 436 g/mol. The first-order valence-corrected chi connectivity index (χ1v) is 11.4. The summed E-state index contributed by atoms with van der Waals surface area (Å²) in [5.74, 6) is 0. The molecule has 0 fully saturated rings. The topological polar surface area (TPSA) is 114 Å². The number of carbonyl (C=O) groups is 2. The van der Waals surface area contributed by atoms with E-state index in [1.165, 1.54) is 66.7 Å². The van der Waals surface area contributed by atoms with E-state index in [-0.39, 0.29) is 44.8 Å². The Kier molecular flexibility index (Phi) is 7.52. The molecule has 9 heteroatoms. The Morgan fingerprint density at radius 3 is 1.28 bits per heavy atom. The van der Waals surface area contributed by atoms with E-state index in [0.717, 1.165) is 6.07 Å². The Hall–Kier alpha value is -1.85. The van der Waals surface area contributed by atoms with E-state index in [0.29, 0.717) is 0 Å². The van der Waals surface area contributed by atoms with Crippen molar-refractivity contribution in [2.75, 3.05) is 0 Å². The first-order chi connectivity index (χ1) is 13.2.